The van der Waals surface area contributed by atoms with E-state index in [1.165, 1.54) is 0 Å². The van der Waals surface area contributed by atoms with Gasteiger partial charge >= 0.3 is 0 Å². The van der Waals surface area contributed by atoms with Gasteiger partial charge in [-0.15, -0.1) is 12.4 Å². The Kier molecular flexibility index (Phi) is 6.25. The number of halogens is 1. The molecule has 0 spiro atoms. The lowest BCUT2D eigenvalue weighted by Crippen LogP contribution is -2.54. The summed E-state index contributed by atoms with van der Waals surface area (Å²) in [6, 6.07) is 10.2. The van der Waals surface area contributed by atoms with Gasteiger partial charge in [0.2, 0.25) is 5.91 Å². The van der Waals surface area contributed by atoms with Crippen LogP contribution in [0.3, 0.4) is 0 Å². The number of para-hydroxylation sites is 1. The van der Waals surface area contributed by atoms with Gasteiger partial charge in [-0.3, -0.25) is 4.79 Å². The van der Waals surface area contributed by atoms with Crippen LogP contribution in [0.15, 0.2) is 42.7 Å². The summed E-state index contributed by atoms with van der Waals surface area (Å²) >= 11 is 0. The van der Waals surface area contributed by atoms with Gasteiger partial charge in [-0.25, -0.2) is 4.68 Å². The molecule has 0 saturated carbocycles. The summed E-state index contributed by atoms with van der Waals surface area (Å²) in [5.74, 6) is 0.211. The highest BCUT2D eigenvalue weighted by atomic mass is 35.5. The van der Waals surface area contributed by atoms with Gasteiger partial charge < -0.3 is 10.6 Å². The average Bonchev–Trinajstić information content (AvgIpc) is 3.05. The molecule has 1 unspecified atom stereocenters. The lowest BCUT2D eigenvalue weighted by Gasteiger charge is -2.42. The largest absolute Gasteiger partial charge is 0.342 e. The number of rotatable bonds is 4. The van der Waals surface area contributed by atoms with Gasteiger partial charge in [0, 0.05) is 31.7 Å². The second-order valence-corrected chi connectivity index (χ2v) is 7.33. The molecule has 1 fully saturated rings. The molecule has 1 amide bonds. The Balaban J connectivity index is 0.00000225. The number of hydrogen-bond acceptors (Lipinski definition) is 3. The number of benzene rings is 1. The molecule has 5 nitrogen and oxygen atoms in total. The number of piperidine rings is 1. The topological polar surface area (TPSA) is 64.2 Å². The van der Waals surface area contributed by atoms with Crippen LogP contribution in [0.25, 0.3) is 5.69 Å². The number of amides is 1. The van der Waals surface area contributed by atoms with Gasteiger partial charge in [0.05, 0.1) is 11.9 Å². The van der Waals surface area contributed by atoms with Gasteiger partial charge in [-0.2, -0.15) is 5.10 Å². The van der Waals surface area contributed by atoms with E-state index >= 15 is 0 Å². The summed E-state index contributed by atoms with van der Waals surface area (Å²) in [7, 11) is 0. The number of likely N-dealkylation sites (tertiary alicyclic amines) is 1. The molecule has 1 atom stereocenters. The van der Waals surface area contributed by atoms with E-state index in [-0.39, 0.29) is 29.8 Å². The molecule has 1 aromatic heterocycles. The maximum absolute atomic E-state index is 12.5. The fourth-order valence-electron chi connectivity index (χ4n) is 3.21. The van der Waals surface area contributed by atoms with Crippen LogP contribution in [0, 0.1) is 5.41 Å². The van der Waals surface area contributed by atoms with E-state index in [2.05, 4.69) is 18.9 Å². The minimum Gasteiger partial charge on any atom is -0.342 e. The standard InChI is InChI=1S/C19H26N4O.ClH/c1-19(2)14-22(11-10-17(19)20)18(24)9-8-15-12-21-23(13-15)16-6-4-3-5-7-16;/h3-7,12-13,17H,8-11,14,20H2,1-2H3;1H. The number of nitrogens with two attached hydrogens (primary N) is 1. The van der Waals surface area contributed by atoms with Crippen LogP contribution in [0.4, 0.5) is 0 Å². The highest BCUT2D eigenvalue weighted by Gasteiger charge is 2.35. The molecule has 2 heterocycles. The Morgan fingerprint density at radius 3 is 2.72 bits per heavy atom. The fraction of sp³-hybridized carbons (Fsp3) is 0.474. The van der Waals surface area contributed by atoms with Crippen molar-refractivity contribution in [1.82, 2.24) is 14.7 Å². The zero-order valence-corrected chi connectivity index (χ0v) is 15.7. The van der Waals surface area contributed by atoms with Crippen molar-refractivity contribution in [3.05, 3.63) is 48.3 Å². The van der Waals surface area contributed by atoms with Crippen molar-refractivity contribution in [2.45, 2.75) is 39.2 Å². The number of hydrogen-bond donors (Lipinski definition) is 1. The van der Waals surface area contributed by atoms with Crippen molar-refractivity contribution < 1.29 is 4.79 Å². The minimum absolute atomic E-state index is 0. The number of nitrogens with zero attached hydrogens (tertiary/aromatic N) is 3. The van der Waals surface area contributed by atoms with E-state index in [9.17, 15) is 4.79 Å². The molecular formula is C19H27ClN4O. The Morgan fingerprint density at radius 2 is 2.04 bits per heavy atom. The number of aromatic nitrogens is 2. The molecule has 1 aliphatic heterocycles. The third kappa shape index (κ3) is 4.61. The molecule has 25 heavy (non-hydrogen) atoms. The predicted molar refractivity (Wildman–Crippen MR) is 102 cm³/mol. The summed E-state index contributed by atoms with van der Waals surface area (Å²) in [6.45, 7) is 5.80. The molecule has 2 N–H and O–H groups in total. The van der Waals surface area contributed by atoms with Gasteiger partial charge in [0.1, 0.15) is 0 Å². The van der Waals surface area contributed by atoms with Gasteiger partial charge in [-0.05, 0) is 36.0 Å². The first-order valence-electron chi connectivity index (χ1n) is 8.58. The van der Waals surface area contributed by atoms with E-state index in [1.54, 1.807) is 0 Å². The van der Waals surface area contributed by atoms with E-state index in [0.717, 1.165) is 30.8 Å². The lowest BCUT2D eigenvalue weighted by molar-refractivity contribution is -0.134. The van der Waals surface area contributed by atoms with Crippen LogP contribution >= 0.6 is 12.4 Å². The molecule has 0 bridgehead atoms. The Morgan fingerprint density at radius 1 is 1.32 bits per heavy atom. The van der Waals surface area contributed by atoms with Gasteiger partial charge in [0.15, 0.2) is 0 Å². The maximum atomic E-state index is 12.5. The Labute approximate surface area is 155 Å². The van der Waals surface area contributed by atoms with E-state index in [4.69, 9.17) is 5.73 Å². The molecule has 2 aromatic rings. The monoisotopic (exact) mass is 362 g/mol. The van der Waals surface area contributed by atoms with Gasteiger partial charge in [-0.1, -0.05) is 32.0 Å². The summed E-state index contributed by atoms with van der Waals surface area (Å²) in [4.78, 5) is 14.5. The van der Waals surface area contributed by atoms with Crippen molar-refractivity contribution >= 4 is 18.3 Å². The van der Waals surface area contributed by atoms with E-state index < -0.39 is 0 Å². The second-order valence-electron chi connectivity index (χ2n) is 7.33. The van der Waals surface area contributed by atoms with Crippen LogP contribution in [-0.4, -0.2) is 39.7 Å². The van der Waals surface area contributed by atoms with Crippen molar-refractivity contribution in [2.75, 3.05) is 13.1 Å². The molecule has 136 valence electrons. The smallest absolute Gasteiger partial charge is 0.222 e. The molecular weight excluding hydrogens is 336 g/mol. The SMILES string of the molecule is CC1(C)CN(C(=O)CCc2cnn(-c3ccccc3)c2)CCC1N.Cl. The first-order valence-corrected chi connectivity index (χ1v) is 8.58. The number of carbonyl (C=O) groups is 1. The zero-order chi connectivity index (χ0) is 17.2. The lowest BCUT2D eigenvalue weighted by atomic mass is 9.79. The third-order valence-electron chi connectivity index (χ3n) is 4.95. The summed E-state index contributed by atoms with van der Waals surface area (Å²) in [5, 5.41) is 4.39. The van der Waals surface area contributed by atoms with Crippen LogP contribution in [0.2, 0.25) is 0 Å². The van der Waals surface area contributed by atoms with Crippen molar-refractivity contribution in [3.8, 4) is 5.69 Å². The van der Waals surface area contributed by atoms with Crippen LogP contribution in [0.5, 0.6) is 0 Å². The first-order chi connectivity index (χ1) is 11.5. The molecule has 3 rings (SSSR count). The average molecular weight is 363 g/mol. The van der Waals surface area contributed by atoms with E-state index in [0.29, 0.717) is 12.8 Å². The van der Waals surface area contributed by atoms with Crippen LogP contribution < -0.4 is 5.73 Å². The Bertz CT molecular complexity index is 698. The first kappa shape index (κ1) is 19.5. The van der Waals surface area contributed by atoms with Crippen molar-refractivity contribution in [3.63, 3.8) is 0 Å². The summed E-state index contributed by atoms with van der Waals surface area (Å²) in [6.07, 6.45) is 5.96. The quantitative estimate of drug-likeness (QED) is 0.909. The molecule has 0 aliphatic carbocycles. The van der Waals surface area contributed by atoms with Gasteiger partial charge in [0.25, 0.3) is 0 Å². The minimum atomic E-state index is -0.00783. The maximum Gasteiger partial charge on any atom is 0.222 e. The van der Waals surface area contributed by atoms with E-state index in [1.807, 2.05) is 52.3 Å². The number of carbonyl (C=O) groups excluding carboxylic acids is 1. The zero-order valence-electron chi connectivity index (χ0n) is 14.9. The van der Waals surface area contributed by atoms with Crippen LogP contribution in [-0.2, 0) is 11.2 Å². The Hall–Kier alpha value is -1.85. The normalized spacial score (nSPS) is 19.3. The third-order valence-corrected chi connectivity index (χ3v) is 4.95. The summed E-state index contributed by atoms with van der Waals surface area (Å²) < 4.78 is 1.85. The number of aryl methyl sites for hydroxylation is 1. The highest BCUT2D eigenvalue weighted by molar-refractivity contribution is 5.85. The highest BCUT2D eigenvalue weighted by Crippen LogP contribution is 2.28. The van der Waals surface area contributed by atoms with Crippen molar-refractivity contribution in [1.29, 1.82) is 0 Å². The summed E-state index contributed by atoms with van der Waals surface area (Å²) in [5.41, 5.74) is 8.25. The fourth-order valence-corrected chi connectivity index (χ4v) is 3.21. The molecule has 0 radical (unpaired) electrons. The molecule has 6 heteroatoms. The molecule has 1 aliphatic rings. The molecule has 1 aromatic carbocycles. The predicted octanol–water partition coefficient (Wildman–Crippen LogP) is 2.81. The second kappa shape index (κ2) is 8.02. The van der Waals surface area contributed by atoms with Crippen molar-refractivity contribution in [2.24, 2.45) is 11.1 Å². The molecule has 1 saturated heterocycles. The van der Waals surface area contributed by atoms with Crippen LogP contribution in [0.1, 0.15) is 32.3 Å².